The van der Waals surface area contributed by atoms with Crippen molar-refractivity contribution in [3.05, 3.63) is 65.3 Å². The topological polar surface area (TPSA) is 62.5 Å². The van der Waals surface area contributed by atoms with Crippen LogP contribution in [0.4, 0.5) is 20.2 Å². The van der Waals surface area contributed by atoms with Gasteiger partial charge < -0.3 is 10.2 Å². The molecule has 10 heteroatoms. The van der Waals surface area contributed by atoms with Crippen molar-refractivity contribution in [2.24, 2.45) is 0 Å². The average molecular weight is 476 g/mol. The van der Waals surface area contributed by atoms with Gasteiger partial charge in [-0.25, -0.2) is 9.50 Å². The van der Waals surface area contributed by atoms with Crippen LogP contribution in [-0.2, 0) is 5.38 Å². The van der Waals surface area contributed by atoms with Gasteiger partial charge in [0.15, 0.2) is 11.3 Å². The number of rotatable bonds is 7. The molecule has 4 rings (SSSR count). The highest BCUT2D eigenvalue weighted by atomic mass is 35.5. The number of hydrogen-bond acceptors (Lipinski definition) is 5. The number of alkyl halides is 3. The van der Waals surface area contributed by atoms with Crippen molar-refractivity contribution in [1.29, 1.82) is 0 Å². The van der Waals surface area contributed by atoms with Crippen molar-refractivity contribution in [1.82, 2.24) is 14.6 Å². The molecular formula is C22H20ClF2N5OS. The number of nitrogens with one attached hydrogen (secondary N) is 1. The summed E-state index contributed by atoms with van der Waals surface area (Å²) in [5.41, 5.74) is 1.44. The molecule has 6 nitrogen and oxygen atoms in total. The second-order valence-corrected chi connectivity index (χ2v) is 8.40. The van der Waals surface area contributed by atoms with Crippen molar-refractivity contribution in [2.75, 3.05) is 23.3 Å². The lowest BCUT2D eigenvalue weighted by Gasteiger charge is -2.21. The van der Waals surface area contributed by atoms with Crippen molar-refractivity contribution >= 4 is 45.9 Å². The number of hydrogen-bond donors (Lipinski definition) is 1. The van der Waals surface area contributed by atoms with Crippen LogP contribution in [0.3, 0.4) is 0 Å². The summed E-state index contributed by atoms with van der Waals surface area (Å²) in [5, 5.41) is 4.92. The normalized spacial score (nSPS) is 11.7. The summed E-state index contributed by atoms with van der Waals surface area (Å²) in [6.07, 6.45) is 0. The summed E-state index contributed by atoms with van der Waals surface area (Å²) < 4.78 is 29.1. The Morgan fingerprint density at radius 1 is 1.19 bits per heavy atom. The lowest BCUT2D eigenvalue weighted by Crippen LogP contribution is -2.21. The zero-order valence-corrected chi connectivity index (χ0v) is 18.9. The van der Waals surface area contributed by atoms with Gasteiger partial charge in [-0.1, -0.05) is 6.07 Å². The summed E-state index contributed by atoms with van der Waals surface area (Å²) in [5.74, 6) is -0.535. The second kappa shape index (κ2) is 8.84. The maximum absolute atomic E-state index is 14.1. The lowest BCUT2D eigenvalue weighted by atomic mass is 10.2. The van der Waals surface area contributed by atoms with Crippen LogP contribution in [0.1, 0.15) is 30.0 Å². The molecule has 32 heavy (non-hydrogen) atoms. The predicted octanol–water partition coefficient (Wildman–Crippen LogP) is 5.84. The molecule has 0 saturated heterocycles. The van der Waals surface area contributed by atoms with Crippen molar-refractivity contribution in [3.63, 3.8) is 0 Å². The number of carbonyl (C=O) groups excluding carboxylic acids is 1. The highest BCUT2D eigenvalue weighted by Gasteiger charge is 2.33. The minimum Gasteiger partial charge on any atom is -0.372 e. The van der Waals surface area contributed by atoms with Crippen LogP contribution < -0.4 is 10.2 Å². The zero-order chi connectivity index (χ0) is 22.9. The molecular weight excluding hydrogens is 456 g/mol. The van der Waals surface area contributed by atoms with E-state index in [1.54, 1.807) is 24.3 Å². The Hall–Kier alpha value is -3.04. The third kappa shape index (κ3) is 4.44. The number of thiophene rings is 1. The molecule has 0 aliphatic carbocycles. The number of carbonyl (C=O) groups is 1. The summed E-state index contributed by atoms with van der Waals surface area (Å²) >= 11 is 6.69. The van der Waals surface area contributed by atoms with E-state index in [2.05, 4.69) is 34.1 Å². The van der Waals surface area contributed by atoms with Crippen LogP contribution in [0.15, 0.2) is 53.9 Å². The fraction of sp³-hybridized carbons (Fsp3) is 0.227. The van der Waals surface area contributed by atoms with Crippen molar-refractivity contribution in [3.8, 4) is 10.6 Å². The van der Waals surface area contributed by atoms with Crippen LogP contribution in [0.25, 0.3) is 16.2 Å². The molecule has 1 N–H and O–H groups in total. The highest BCUT2D eigenvalue weighted by Crippen LogP contribution is 2.35. The first-order valence-corrected chi connectivity index (χ1v) is 11.2. The van der Waals surface area contributed by atoms with Crippen LogP contribution in [0.5, 0.6) is 0 Å². The molecule has 4 aromatic rings. The summed E-state index contributed by atoms with van der Waals surface area (Å²) in [6.45, 7) is 5.88. The number of halogens is 3. The number of fused-ring (bicyclic) bond motifs is 1. The van der Waals surface area contributed by atoms with Crippen LogP contribution >= 0.6 is 22.9 Å². The van der Waals surface area contributed by atoms with E-state index in [0.29, 0.717) is 16.3 Å². The molecule has 3 aromatic heterocycles. The molecule has 0 saturated carbocycles. The Balaban J connectivity index is 1.65. The molecule has 3 heterocycles. The Morgan fingerprint density at radius 2 is 1.91 bits per heavy atom. The van der Waals surface area contributed by atoms with Gasteiger partial charge >= 0.3 is 5.38 Å². The first kappa shape index (κ1) is 22.2. The first-order chi connectivity index (χ1) is 15.3. The Kier molecular flexibility index (Phi) is 6.12. The fourth-order valence-corrected chi connectivity index (χ4v) is 4.20. The predicted molar refractivity (Wildman–Crippen MR) is 124 cm³/mol. The monoisotopic (exact) mass is 475 g/mol. The molecule has 0 aliphatic rings. The van der Waals surface area contributed by atoms with E-state index in [4.69, 9.17) is 11.6 Å². The van der Waals surface area contributed by atoms with E-state index in [1.165, 1.54) is 23.5 Å². The first-order valence-electron chi connectivity index (χ1n) is 9.98. The largest absolute Gasteiger partial charge is 0.372 e. The van der Waals surface area contributed by atoms with Gasteiger partial charge in [-0.15, -0.1) is 11.3 Å². The van der Waals surface area contributed by atoms with Gasteiger partial charge in [0.05, 0.1) is 10.6 Å². The van der Waals surface area contributed by atoms with Gasteiger partial charge in [-0.05, 0) is 67.2 Å². The van der Waals surface area contributed by atoms with E-state index >= 15 is 0 Å². The van der Waals surface area contributed by atoms with Gasteiger partial charge in [0.2, 0.25) is 0 Å². The van der Waals surface area contributed by atoms with E-state index in [1.807, 2.05) is 17.5 Å². The summed E-state index contributed by atoms with van der Waals surface area (Å²) in [7, 11) is 0. The number of amides is 1. The van der Waals surface area contributed by atoms with E-state index in [-0.39, 0.29) is 11.3 Å². The molecule has 0 spiro atoms. The van der Waals surface area contributed by atoms with E-state index in [9.17, 15) is 13.6 Å². The number of benzene rings is 1. The van der Waals surface area contributed by atoms with Gasteiger partial charge in [-0.3, -0.25) is 4.79 Å². The van der Waals surface area contributed by atoms with Crippen LogP contribution in [0, 0.1) is 0 Å². The maximum atomic E-state index is 14.1. The van der Waals surface area contributed by atoms with Crippen molar-refractivity contribution < 1.29 is 13.6 Å². The third-order valence-electron chi connectivity index (χ3n) is 4.98. The minimum absolute atomic E-state index is 0.0455. The zero-order valence-electron chi connectivity index (χ0n) is 17.3. The second-order valence-electron chi connectivity index (χ2n) is 6.97. The maximum Gasteiger partial charge on any atom is 0.364 e. The molecule has 0 bridgehead atoms. The molecule has 0 radical (unpaired) electrons. The molecule has 1 aromatic carbocycles. The number of aromatic nitrogens is 3. The van der Waals surface area contributed by atoms with Gasteiger partial charge in [0.25, 0.3) is 5.91 Å². The Morgan fingerprint density at radius 3 is 2.50 bits per heavy atom. The minimum atomic E-state index is -3.69. The Labute approximate surface area is 192 Å². The molecule has 0 unspecified atom stereocenters. The number of nitrogens with zero attached hydrogens (tertiary/aromatic N) is 4. The van der Waals surface area contributed by atoms with Gasteiger partial charge in [-0.2, -0.15) is 13.9 Å². The smallest absolute Gasteiger partial charge is 0.364 e. The average Bonchev–Trinajstić information content (AvgIpc) is 3.44. The quantitative estimate of drug-likeness (QED) is 0.341. The molecule has 0 atom stereocenters. The summed E-state index contributed by atoms with van der Waals surface area (Å²) in [4.78, 5) is 20.0. The molecule has 1 amide bonds. The van der Waals surface area contributed by atoms with Crippen LogP contribution in [0.2, 0.25) is 0 Å². The van der Waals surface area contributed by atoms with Gasteiger partial charge in [0.1, 0.15) is 5.69 Å². The lowest BCUT2D eigenvalue weighted by molar-refractivity contribution is 0.0869. The standard InChI is InChI=1S/C22H20ClF2N5OS/c1-3-29(4-2)15-9-7-14(8-10-15)26-21(31)17-13-20-27-16(18-6-5-11-32-18)12-19(22(23,24)25)30(20)28-17/h5-13H,3-4H2,1-2H3,(H,26,31). The summed E-state index contributed by atoms with van der Waals surface area (Å²) in [6, 6.07) is 13.5. The molecule has 166 valence electrons. The van der Waals surface area contributed by atoms with Gasteiger partial charge in [0, 0.05) is 30.5 Å². The Bertz CT molecular complexity index is 1230. The highest BCUT2D eigenvalue weighted by molar-refractivity contribution is 7.13. The van der Waals surface area contributed by atoms with E-state index in [0.717, 1.165) is 23.3 Å². The fourth-order valence-electron chi connectivity index (χ4n) is 3.38. The van der Waals surface area contributed by atoms with Crippen LogP contribution in [-0.4, -0.2) is 33.6 Å². The molecule has 0 aliphatic heterocycles. The SMILES string of the molecule is CCN(CC)c1ccc(NC(=O)c2cc3nc(-c4cccs4)cc(C(F)(F)Cl)n3n2)cc1. The van der Waals surface area contributed by atoms with Crippen molar-refractivity contribution in [2.45, 2.75) is 19.2 Å². The van der Waals surface area contributed by atoms with E-state index < -0.39 is 17.0 Å². The molecule has 0 fully saturated rings. The third-order valence-corrected chi connectivity index (χ3v) is 6.06. The number of anilines is 2.